The average Bonchev–Trinajstić information content (AvgIpc) is 2.80. The molecule has 20 heavy (non-hydrogen) atoms. The van der Waals surface area contributed by atoms with Crippen molar-refractivity contribution in [3.05, 3.63) is 47.6 Å². The molecule has 0 radical (unpaired) electrons. The summed E-state index contributed by atoms with van der Waals surface area (Å²) in [6.07, 6.45) is 1.57. The molecule has 1 aromatic heterocycles. The van der Waals surface area contributed by atoms with Crippen LogP contribution in [0.3, 0.4) is 0 Å². The SMILES string of the molecule is C=CCC(NC(=O)c1cc2cc(F)ccc2s1)C(=O)O. The Kier molecular flexibility index (Phi) is 4.14. The summed E-state index contributed by atoms with van der Waals surface area (Å²) >= 11 is 1.19. The van der Waals surface area contributed by atoms with Crippen molar-refractivity contribution in [2.24, 2.45) is 0 Å². The van der Waals surface area contributed by atoms with Crippen LogP contribution in [0.1, 0.15) is 16.1 Å². The summed E-state index contributed by atoms with van der Waals surface area (Å²) in [5.41, 5.74) is 0. The van der Waals surface area contributed by atoms with Crippen molar-refractivity contribution in [1.29, 1.82) is 0 Å². The Bertz CT molecular complexity index is 680. The van der Waals surface area contributed by atoms with Gasteiger partial charge < -0.3 is 10.4 Å². The molecule has 2 N–H and O–H groups in total. The van der Waals surface area contributed by atoms with E-state index in [0.29, 0.717) is 10.3 Å². The van der Waals surface area contributed by atoms with Crippen LogP contribution >= 0.6 is 11.3 Å². The predicted octanol–water partition coefficient (Wildman–Crippen LogP) is 2.80. The lowest BCUT2D eigenvalue weighted by molar-refractivity contribution is -0.139. The van der Waals surface area contributed by atoms with E-state index in [-0.39, 0.29) is 12.2 Å². The van der Waals surface area contributed by atoms with Crippen LogP contribution in [0.2, 0.25) is 0 Å². The molecule has 1 atom stereocenters. The van der Waals surface area contributed by atoms with E-state index in [2.05, 4.69) is 11.9 Å². The number of thiophene rings is 1. The molecule has 1 aromatic carbocycles. The molecule has 0 aliphatic carbocycles. The van der Waals surface area contributed by atoms with Crippen molar-refractivity contribution in [3.63, 3.8) is 0 Å². The predicted molar refractivity (Wildman–Crippen MR) is 75.5 cm³/mol. The Morgan fingerprint density at radius 3 is 2.85 bits per heavy atom. The van der Waals surface area contributed by atoms with Crippen LogP contribution < -0.4 is 5.32 Å². The minimum Gasteiger partial charge on any atom is -0.480 e. The van der Waals surface area contributed by atoms with Crippen LogP contribution in [0.15, 0.2) is 36.9 Å². The zero-order chi connectivity index (χ0) is 14.7. The molecule has 0 spiro atoms. The highest BCUT2D eigenvalue weighted by atomic mass is 32.1. The van der Waals surface area contributed by atoms with E-state index in [9.17, 15) is 14.0 Å². The number of rotatable bonds is 5. The van der Waals surface area contributed by atoms with E-state index >= 15 is 0 Å². The first-order valence-electron chi connectivity index (χ1n) is 5.85. The molecular weight excluding hydrogens is 281 g/mol. The summed E-state index contributed by atoms with van der Waals surface area (Å²) in [6, 6.07) is 4.77. The Hall–Kier alpha value is -2.21. The summed E-state index contributed by atoms with van der Waals surface area (Å²) in [4.78, 5) is 23.3. The maximum Gasteiger partial charge on any atom is 0.326 e. The van der Waals surface area contributed by atoms with Crippen molar-refractivity contribution in [2.75, 3.05) is 0 Å². The van der Waals surface area contributed by atoms with Gasteiger partial charge in [-0.25, -0.2) is 9.18 Å². The maximum absolute atomic E-state index is 13.1. The van der Waals surface area contributed by atoms with Gasteiger partial charge in [-0.2, -0.15) is 0 Å². The molecular formula is C14H12FNO3S. The molecule has 0 aliphatic heterocycles. The van der Waals surface area contributed by atoms with Gasteiger partial charge in [0.1, 0.15) is 11.9 Å². The van der Waals surface area contributed by atoms with Gasteiger partial charge in [0.15, 0.2) is 0 Å². The van der Waals surface area contributed by atoms with Gasteiger partial charge in [0, 0.05) is 4.70 Å². The van der Waals surface area contributed by atoms with Crippen LogP contribution in [0.4, 0.5) is 4.39 Å². The molecule has 2 aromatic rings. The quantitative estimate of drug-likeness (QED) is 0.833. The standard InChI is InChI=1S/C14H12FNO3S/c1-2-3-10(14(18)19)16-13(17)12-7-8-6-9(15)4-5-11(8)20-12/h2,4-7,10H,1,3H2,(H,16,17)(H,18,19). The Morgan fingerprint density at radius 2 is 2.20 bits per heavy atom. The minimum atomic E-state index is -1.12. The lowest BCUT2D eigenvalue weighted by Gasteiger charge is -2.11. The number of hydrogen-bond donors (Lipinski definition) is 2. The molecule has 1 amide bonds. The second kappa shape index (κ2) is 5.83. The molecule has 1 unspecified atom stereocenters. The van der Waals surface area contributed by atoms with Crippen LogP contribution in [-0.4, -0.2) is 23.0 Å². The van der Waals surface area contributed by atoms with E-state index < -0.39 is 17.9 Å². The largest absolute Gasteiger partial charge is 0.480 e. The minimum absolute atomic E-state index is 0.139. The monoisotopic (exact) mass is 293 g/mol. The molecule has 2 rings (SSSR count). The molecule has 4 nitrogen and oxygen atoms in total. The van der Waals surface area contributed by atoms with Crippen LogP contribution in [0, 0.1) is 5.82 Å². The highest BCUT2D eigenvalue weighted by Gasteiger charge is 2.20. The van der Waals surface area contributed by atoms with E-state index in [1.807, 2.05) is 0 Å². The molecule has 0 fully saturated rings. The number of carbonyl (C=O) groups excluding carboxylic acids is 1. The van der Waals surface area contributed by atoms with E-state index in [1.165, 1.54) is 29.5 Å². The van der Waals surface area contributed by atoms with Gasteiger partial charge in [0.25, 0.3) is 5.91 Å². The number of halogens is 1. The molecule has 0 aliphatic rings. The lowest BCUT2D eigenvalue weighted by Crippen LogP contribution is -2.40. The molecule has 0 bridgehead atoms. The third-order valence-electron chi connectivity index (χ3n) is 2.71. The second-order valence-electron chi connectivity index (χ2n) is 4.18. The van der Waals surface area contributed by atoms with Crippen LogP contribution in [0.25, 0.3) is 10.1 Å². The highest BCUT2D eigenvalue weighted by molar-refractivity contribution is 7.20. The molecule has 0 saturated heterocycles. The normalized spacial score (nSPS) is 12.1. The van der Waals surface area contributed by atoms with E-state index in [1.54, 1.807) is 12.1 Å². The highest BCUT2D eigenvalue weighted by Crippen LogP contribution is 2.26. The van der Waals surface area contributed by atoms with E-state index in [4.69, 9.17) is 5.11 Å². The summed E-state index contributed by atoms with van der Waals surface area (Å²) in [5.74, 6) is -1.98. The number of hydrogen-bond acceptors (Lipinski definition) is 3. The summed E-state index contributed by atoms with van der Waals surface area (Å²) < 4.78 is 13.8. The Morgan fingerprint density at radius 1 is 1.45 bits per heavy atom. The fraction of sp³-hybridized carbons (Fsp3) is 0.143. The zero-order valence-electron chi connectivity index (χ0n) is 10.4. The van der Waals surface area contributed by atoms with Gasteiger partial charge in [-0.05, 0) is 36.1 Å². The van der Waals surface area contributed by atoms with Crippen molar-refractivity contribution in [1.82, 2.24) is 5.32 Å². The molecule has 0 saturated carbocycles. The number of carboxylic acid groups (broad SMARTS) is 1. The summed E-state index contributed by atoms with van der Waals surface area (Å²) in [5, 5.41) is 12.0. The molecule has 104 valence electrons. The molecule has 1 heterocycles. The Labute approximate surface area is 118 Å². The number of benzene rings is 1. The number of amides is 1. The van der Waals surface area contributed by atoms with Crippen molar-refractivity contribution in [3.8, 4) is 0 Å². The van der Waals surface area contributed by atoms with Gasteiger partial charge in [0.05, 0.1) is 4.88 Å². The first-order chi connectivity index (χ1) is 9.51. The fourth-order valence-electron chi connectivity index (χ4n) is 1.74. The van der Waals surface area contributed by atoms with Gasteiger partial charge in [0.2, 0.25) is 0 Å². The smallest absolute Gasteiger partial charge is 0.326 e. The van der Waals surface area contributed by atoms with Crippen molar-refractivity contribution >= 4 is 33.3 Å². The summed E-state index contributed by atoms with van der Waals surface area (Å²) in [7, 11) is 0. The molecule has 6 heteroatoms. The average molecular weight is 293 g/mol. The van der Waals surface area contributed by atoms with Crippen LogP contribution in [-0.2, 0) is 4.79 Å². The van der Waals surface area contributed by atoms with E-state index in [0.717, 1.165) is 4.70 Å². The number of fused-ring (bicyclic) bond motifs is 1. The second-order valence-corrected chi connectivity index (χ2v) is 5.27. The first kappa shape index (κ1) is 14.2. The zero-order valence-corrected chi connectivity index (χ0v) is 11.2. The third-order valence-corrected chi connectivity index (χ3v) is 3.82. The first-order valence-corrected chi connectivity index (χ1v) is 6.66. The van der Waals surface area contributed by atoms with Crippen LogP contribution in [0.5, 0.6) is 0 Å². The third kappa shape index (κ3) is 3.03. The lowest BCUT2D eigenvalue weighted by atomic mass is 10.2. The fourth-order valence-corrected chi connectivity index (χ4v) is 2.69. The van der Waals surface area contributed by atoms with Crippen molar-refractivity contribution < 1.29 is 19.1 Å². The Balaban J connectivity index is 2.22. The van der Waals surface area contributed by atoms with Gasteiger partial charge in [-0.3, -0.25) is 4.79 Å². The van der Waals surface area contributed by atoms with Gasteiger partial charge in [-0.1, -0.05) is 6.08 Å². The van der Waals surface area contributed by atoms with Gasteiger partial charge in [-0.15, -0.1) is 17.9 Å². The van der Waals surface area contributed by atoms with Crippen molar-refractivity contribution in [2.45, 2.75) is 12.5 Å². The topological polar surface area (TPSA) is 66.4 Å². The number of carboxylic acids is 1. The summed E-state index contributed by atoms with van der Waals surface area (Å²) in [6.45, 7) is 3.45. The number of aliphatic carboxylic acids is 1. The number of nitrogens with one attached hydrogen (secondary N) is 1. The van der Waals surface area contributed by atoms with Gasteiger partial charge >= 0.3 is 5.97 Å². The number of carbonyl (C=O) groups is 2. The maximum atomic E-state index is 13.1.